The number of nitrogens with zero attached hydrogens (tertiary/aromatic N) is 2. The Morgan fingerprint density at radius 2 is 2.28 bits per heavy atom. The highest BCUT2D eigenvalue weighted by Gasteiger charge is 2.18. The molecule has 1 amide bonds. The highest BCUT2D eigenvalue weighted by Crippen LogP contribution is 2.12. The molecular weight excluding hydrogens is 252 g/mol. The highest BCUT2D eigenvalue weighted by atomic mass is 35.5. The summed E-state index contributed by atoms with van der Waals surface area (Å²) >= 11 is 5.82. The van der Waals surface area contributed by atoms with Crippen molar-refractivity contribution >= 4 is 23.3 Å². The number of anilines is 1. The molecular formula is C12H17ClN4O. The van der Waals surface area contributed by atoms with Crippen molar-refractivity contribution in [3.8, 4) is 0 Å². The van der Waals surface area contributed by atoms with Gasteiger partial charge in [-0.1, -0.05) is 11.6 Å². The molecule has 1 aromatic heterocycles. The monoisotopic (exact) mass is 268 g/mol. The van der Waals surface area contributed by atoms with Gasteiger partial charge in [0.1, 0.15) is 5.82 Å². The van der Waals surface area contributed by atoms with Gasteiger partial charge in [-0.05, 0) is 25.0 Å². The Morgan fingerprint density at radius 1 is 1.56 bits per heavy atom. The van der Waals surface area contributed by atoms with Crippen LogP contribution < -0.4 is 11.1 Å². The molecule has 0 saturated carbocycles. The molecule has 98 valence electrons. The first-order valence-corrected chi connectivity index (χ1v) is 6.40. The Hall–Kier alpha value is -1.17. The van der Waals surface area contributed by atoms with Crippen molar-refractivity contribution in [1.82, 2.24) is 9.88 Å². The van der Waals surface area contributed by atoms with Crippen LogP contribution in [0.25, 0.3) is 0 Å². The fourth-order valence-corrected chi connectivity index (χ4v) is 2.13. The zero-order valence-electron chi connectivity index (χ0n) is 10.1. The van der Waals surface area contributed by atoms with Crippen molar-refractivity contribution < 1.29 is 4.79 Å². The van der Waals surface area contributed by atoms with Crippen molar-refractivity contribution in [2.45, 2.75) is 18.9 Å². The van der Waals surface area contributed by atoms with Gasteiger partial charge in [0.2, 0.25) is 5.91 Å². The molecule has 5 nitrogen and oxygen atoms in total. The second-order valence-electron chi connectivity index (χ2n) is 4.52. The summed E-state index contributed by atoms with van der Waals surface area (Å²) in [5.41, 5.74) is 5.82. The van der Waals surface area contributed by atoms with E-state index in [1.807, 2.05) is 0 Å². The first-order valence-electron chi connectivity index (χ1n) is 6.03. The van der Waals surface area contributed by atoms with E-state index in [0.29, 0.717) is 17.4 Å². The zero-order chi connectivity index (χ0) is 13.0. The van der Waals surface area contributed by atoms with Crippen molar-refractivity contribution in [2.75, 3.05) is 25.0 Å². The molecule has 18 heavy (non-hydrogen) atoms. The molecule has 1 aliphatic heterocycles. The second kappa shape index (κ2) is 6.13. The van der Waals surface area contributed by atoms with E-state index >= 15 is 0 Å². The van der Waals surface area contributed by atoms with Crippen LogP contribution in [0.3, 0.4) is 0 Å². The summed E-state index contributed by atoms with van der Waals surface area (Å²) in [7, 11) is 0. The first-order chi connectivity index (χ1) is 8.63. The van der Waals surface area contributed by atoms with E-state index in [0.717, 1.165) is 25.9 Å². The number of amides is 1. The number of pyridine rings is 1. The van der Waals surface area contributed by atoms with E-state index in [4.69, 9.17) is 17.3 Å². The summed E-state index contributed by atoms with van der Waals surface area (Å²) in [6, 6.07) is 3.58. The Morgan fingerprint density at radius 3 is 2.94 bits per heavy atom. The van der Waals surface area contributed by atoms with Crippen LogP contribution in [0.5, 0.6) is 0 Å². The highest BCUT2D eigenvalue weighted by molar-refractivity contribution is 6.30. The van der Waals surface area contributed by atoms with Crippen LogP contribution in [-0.4, -0.2) is 41.5 Å². The lowest BCUT2D eigenvalue weighted by molar-refractivity contribution is -0.117. The number of aromatic nitrogens is 1. The van der Waals surface area contributed by atoms with Crippen LogP contribution in [0, 0.1) is 0 Å². The summed E-state index contributed by atoms with van der Waals surface area (Å²) in [6.07, 6.45) is 3.46. The van der Waals surface area contributed by atoms with Crippen molar-refractivity contribution in [3.05, 3.63) is 23.4 Å². The fourth-order valence-electron chi connectivity index (χ4n) is 1.97. The van der Waals surface area contributed by atoms with Gasteiger partial charge < -0.3 is 11.1 Å². The Labute approximate surface area is 111 Å². The number of piperidine rings is 1. The Balaban J connectivity index is 1.82. The molecule has 1 aromatic rings. The van der Waals surface area contributed by atoms with E-state index in [2.05, 4.69) is 15.2 Å². The Bertz CT molecular complexity index is 418. The lowest BCUT2D eigenvalue weighted by atomic mass is 10.1. The number of halogens is 1. The molecule has 0 spiro atoms. The van der Waals surface area contributed by atoms with Gasteiger partial charge in [-0.3, -0.25) is 9.69 Å². The molecule has 2 heterocycles. The van der Waals surface area contributed by atoms with Crippen LogP contribution in [-0.2, 0) is 4.79 Å². The van der Waals surface area contributed by atoms with E-state index in [-0.39, 0.29) is 11.9 Å². The largest absolute Gasteiger partial charge is 0.328 e. The maximum absolute atomic E-state index is 11.8. The van der Waals surface area contributed by atoms with Gasteiger partial charge in [-0.15, -0.1) is 0 Å². The number of carbonyl (C=O) groups is 1. The van der Waals surface area contributed by atoms with Crippen LogP contribution in [0.1, 0.15) is 12.8 Å². The predicted molar refractivity (Wildman–Crippen MR) is 71.5 cm³/mol. The molecule has 3 N–H and O–H groups in total. The molecule has 6 heteroatoms. The van der Waals surface area contributed by atoms with Crippen LogP contribution in [0.2, 0.25) is 5.02 Å². The van der Waals surface area contributed by atoms with Crippen LogP contribution in [0.15, 0.2) is 18.3 Å². The number of carbonyl (C=O) groups excluding carboxylic acids is 1. The average Bonchev–Trinajstić information content (AvgIpc) is 2.32. The standard InChI is InChI=1S/C12H17ClN4O/c13-9-1-4-15-11(7-9)16-12(18)8-17-5-2-10(14)3-6-17/h1,4,7,10H,2-3,5-6,8,14H2,(H,15,16,18). The van der Waals surface area contributed by atoms with E-state index in [1.54, 1.807) is 18.3 Å². The minimum Gasteiger partial charge on any atom is -0.328 e. The topological polar surface area (TPSA) is 71.2 Å². The molecule has 0 aromatic carbocycles. The number of hydrogen-bond donors (Lipinski definition) is 2. The third-order valence-corrected chi connectivity index (χ3v) is 3.22. The van der Waals surface area contributed by atoms with E-state index in [9.17, 15) is 4.79 Å². The quantitative estimate of drug-likeness (QED) is 0.861. The average molecular weight is 269 g/mol. The van der Waals surface area contributed by atoms with Gasteiger partial charge in [0.05, 0.1) is 6.54 Å². The number of nitrogens with two attached hydrogens (primary N) is 1. The van der Waals surface area contributed by atoms with E-state index in [1.165, 1.54) is 0 Å². The number of likely N-dealkylation sites (tertiary alicyclic amines) is 1. The Kier molecular flexibility index (Phi) is 4.52. The zero-order valence-corrected chi connectivity index (χ0v) is 10.9. The number of nitrogens with one attached hydrogen (secondary N) is 1. The maximum Gasteiger partial charge on any atom is 0.239 e. The van der Waals surface area contributed by atoms with Gasteiger partial charge >= 0.3 is 0 Å². The summed E-state index contributed by atoms with van der Waals surface area (Å²) in [5.74, 6) is 0.418. The molecule has 0 radical (unpaired) electrons. The molecule has 0 bridgehead atoms. The van der Waals surface area contributed by atoms with Crippen molar-refractivity contribution in [1.29, 1.82) is 0 Å². The normalized spacial score (nSPS) is 17.7. The summed E-state index contributed by atoms with van der Waals surface area (Å²) in [5, 5.41) is 3.29. The number of hydrogen-bond acceptors (Lipinski definition) is 4. The molecule has 0 aliphatic carbocycles. The molecule has 0 unspecified atom stereocenters. The van der Waals surface area contributed by atoms with Gasteiger partial charge in [-0.25, -0.2) is 4.98 Å². The van der Waals surface area contributed by atoms with Gasteiger partial charge in [-0.2, -0.15) is 0 Å². The van der Waals surface area contributed by atoms with Crippen LogP contribution in [0.4, 0.5) is 5.82 Å². The smallest absolute Gasteiger partial charge is 0.239 e. The third-order valence-electron chi connectivity index (χ3n) is 2.99. The lowest BCUT2D eigenvalue weighted by Crippen LogP contribution is -2.43. The van der Waals surface area contributed by atoms with Gasteiger partial charge in [0.25, 0.3) is 0 Å². The van der Waals surface area contributed by atoms with Crippen molar-refractivity contribution in [3.63, 3.8) is 0 Å². The molecule has 1 aliphatic rings. The summed E-state index contributed by atoms with van der Waals surface area (Å²) < 4.78 is 0. The van der Waals surface area contributed by atoms with Gasteiger partial charge in [0, 0.05) is 30.4 Å². The fraction of sp³-hybridized carbons (Fsp3) is 0.500. The summed E-state index contributed by atoms with van der Waals surface area (Å²) in [6.45, 7) is 2.12. The lowest BCUT2D eigenvalue weighted by Gasteiger charge is -2.29. The molecule has 2 rings (SSSR count). The predicted octanol–water partition coefficient (Wildman–Crippen LogP) is 1.10. The first kappa shape index (κ1) is 13.3. The van der Waals surface area contributed by atoms with Crippen LogP contribution >= 0.6 is 11.6 Å². The molecule has 1 saturated heterocycles. The third kappa shape index (κ3) is 3.94. The maximum atomic E-state index is 11.8. The molecule has 1 fully saturated rings. The minimum absolute atomic E-state index is 0.0692. The minimum atomic E-state index is -0.0692. The second-order valence-corrected chi connectivity index (χ2v) is 4.96. The van der Waals surface area contributed by atoms with Crippen molar-refractivity contribution in [2.24, 2.45) is 5.73 Å². The molecule has 0 atom stereocenters. The summed E-state index contributed by atoms with van der Waals surface area (Å²) in [4.78, 5) is 17.9. The van der Waals surface area contributed by atoms with E-state index < -0.39 is 0 Å². The number of rotatable bonds is 3. The van der Waals surface area contributed by atoms with Gasteiger partial charge in [0.15, 0.2) is 0 Å². The SMILES string of the molecule is NC1CCN(CC(=O)Nc2cc(Cl)ccn2)CC1.